The van der Waals surface area contributed by atoms with Crippen molar-refractivity contribution in [3.05, 3.63) is 29.3 Å². The van der Waals surface area contributed by atoms with Crippen LogP contribution in [-0.2, 0) is 4.79 Å². The van der Waals surface area contributed by atoms with Gasteiger partial charge in [-0.1, -0.05) is 6.07 Å². The zero-order valence-electron chi connectivity index (χ0n) is 13.2. The molecule has 1 aromatic rings. The molecule has 0 spiro atoms. The second kappa shape index (κ2) is 6.48. The highest BCUT2D eigenvalue weighted by molar-refractivity contribution is 5.74. The topological polar surface area (TPSA) is 49.8 Å². The highest BCUT2D eigenvalue weighted by atomic mass is 16.5. The fraction of sp³-hybridized carbons (Fsp3) is 0.588. The summed E-state index contributed by atoms with van der Waals surface area (Å²) in [6, 6.07) is 6.22. The largest absolute Gasteiger partial charge is 0.492 e. The standard InChI is InChI=1S/C17H25NO3/c1-13-10-14(2)12-15(11-13)21-9-8-18-6-4-17(3,5-7-18)16(19)20/h10-12H,4-9H2,1-3H3,(H,19,20). The molecule has 1 N–H and O–H groups in total. The second-order valence-corrected chi connectivity index (χ2v) is 6.38. The molecule has 1 heterocycles. The van der Waals surface area contributed by atoms with Gasteiger partial charge in [0.1, 0.15) is 12.4 Å². The molecule has 0 saturated carbocycles. The summed E-state index contributed by atoms with van der Waals surface area (Å²) in [7, 11) is 0. The Morgan fingerprint density at radius 2 is 1.81 bits per heavy atom. The number of carbonyl (C=O) groups is 1. The first-order valence-corrected chi connectivity index (χ1v) is 7.56. The van der Waals surface area contributed by atoms with Crippen molar-refractivity contribution in [2.45, 2.75) is 33.6 Å². The van der Waals surface area contributed by atoms with Crippen molar-refractivity contribution in [2.75, 3.05) is 26.2 Å². The Bertz CT molecular complexity index is 485. The molecule has 0 aliphatic carbocycles. The molecule has 0 bridgehead atoms. The van der Waals surface area contributed by atoms with Gasteiger partial charge in [-0.25, -0.2) is 0 Å². The Balaban J connectivity index is 1.76. The predicted octanol–water partition coefficient (Wildman–Crippen LogP) is 2.87. The molecule has 1 aromatic carbocycles. The molecule has 2 rings (SSSR count). The van der Waals surface area contributed by atoms with E-state index in [1.165, 1.54) is 11.1 Å². The van der Waals surface area contributed by atoms with Gasteiger partial charge in [0, 0.05) is 6.54 Å². The van der Waals surface area contributed by atoms with Crippen LogP contribution in [0.15, 0.2) is 18.2 Å². The third kappa shape index (κ3) is 4.21. The van der Waals surface area contributed by atoms with Gasteiger partial charge in [-0.15, -0.1) is 0 Å². The third-order valence-electron chi connectivity index (χ3n) is 4.35. The minimum atomic E-state index is -0.673. The molecule has 4 heteroatoms. The molecule has 1 aliphatic heterocycles. The average molecular weight is 291 g/mol. The summed E-state index contributed by atoms with van der Waals surface area (Å²) in [5.74, 6) is 0.244. The fourth-order valence-corrected chi connectivity index (χ4v) is 2.79. The fourth-order valence-electron chi connectivity index (χ4n) is 2.79. The van der Waals surface area contributed by atoms with Crippen LogP contribution in [0, 0.1) is 19.3 Å². The molecule has 1 saturated heterocycles. The Morgan fingerprint density at radius 3 is 2.33 bits per heavy atom. The molecule has 21 heavy (non-hydrogen) atoms. The molecule has 0 aromatic heterocycles. The van der Waals surface area contributed by atoms with Gasteiger partial charge in [-0.2, -0.15) is 0 Å². The highest BCUT2D eigenvalue weighted by Gasteiger charge is 2.36. The highest BCUT2D eigenvalue weighted by Crippen LogP contribution is 2.30. The van der Waals surface area contributed by atoms with Crippen LogP contribution < -0.4 is 4.74 Å². The average Bonchev–Trinajstić information content (AvgIpc) is 2.40. The zero-order valence-corrected chi connectivity index (χ0v) is 13.2. The summed E-state index contributed by atoms with van der Waals surface area (Å²) in [5, 5.41) is 9.22. The van der Waals surface area contributed by atoms with E-state index in [-0.39, 0.29) is 0 Å². The molecule has 116 valence electrons. The van der Waals surface area contributed by atoms with Gasteiger partial charge in [-0.3, -0.25) is 9.69 Å². The van der Waals surface area contributed by atoms with Crippen molar-refractivity contribution >= 4 is 5.97 Å². The summed E-state index contributed by atoms with van der Waals surface area (Å²) in [6.07, 6.45) is 1.43. The number of nitrogens with zero attached hydrogens (tertiary/aromatic N) is 1. The maximum absolute atomic E-state index is 11.2. The van der Waals surface area contributed by atoms with E-state index in [2.05, 4.69) is 24.8 Å². The van der Waals surface area contributed by atoms with E-state index in [0.717, 1.165) is 25.4 Å². The van der Waals surface area contributed by atoms with Crippen molar-refractivity contribution in [1.82, 2.24) is 4.90 Å². The van der Waals surface area contributed by atoms with Crippen LogP contribution >= 0.6 is 0 Å². The van der Waals surface area contributed by atoms with Crippen molar-refractivity contribution < 1.29 is 14.6 Å². The number of hydrogen-bond acceptors (Lipinski definition) is 3. The SMILES string of the molecule is Cc1cc(C)cc(OCCN2CCC(C)(C(=O)O)CC2)c1. The monoisotopic (exact) mass is 291 g/mol. The van der Waals surface area contributed by atoms with Gasteiger partial charge < -0.3 is 9.84 Å². The van der Waals surface area contributed by atoms with E-state index in [9.17, 15) is 9.90 Å². The van der Waals surface area contributed by atoms with Gasteiger partial charge in [0.15, 0.2) is 0 Å². The van der Waals surface area contributed by atoms with Gasteiger partial charge in [-0.05, 0) is 70.0 Å². The van der Waals surface area contributed by atoms with E-state index in [1.54, 1.807) is 0 Å². The summed E-state index contributed by atoms with van der Waals surface area (Å²) < 4.78 is 5.81. The number of hydrogen-bond donors (Lipinski definition) is 1. The second-order valence-electron chi connectivity index (χ2n) is 6.38. The van der Waals surface area contributed by atoms with Crippen molar-refractivity contribution in [3.8, 4) is 5.75 Å². The Kier molecular flexibility index (Phi) is 4.88. The summed E-state index contributed by atoms with van der Waals surface area (Å²) in [4.78, 5) is 13.5. The minimum Gasteiger partial charge on any atom is -0.492 e. The molecule has 0 radical (unpaired) electrons. The number of aryl methyl sites for hydroxylation is 2. The number of piperidine rings is 1. The van der Waals surface area contributed by atoms with Crippen LogP contribution in [0.5, 0.6) is 5.75 Å². The Hall–Kier alpha value is -1.55. The lowest BCUT2D eigenvalue weighted by Gasteiger charge is -2.36. The predicted molar refractivity (Wildman–Crippen MR) is 82.8 cm³/mol. The number of carboxylic acids is 1. The van der Waals surface area contributed by atoms with E-state index in [4.69, 9.17) is 4.74 Å². The maximum Gasteiger partial charge on any atom is 0.309 e. The van der Waals surface area contributed by atoms with Crippen LogP contribution in [0.2, 0.25) is 0 Å². The Morgan fingerprint density at radius 1 is 1.24 bits per heavy atom. The molecule has 1 aliphatic rings. The first kappa shape index (κ1) is 15.8. The molecule has 0 atom stereocenters. The van der Waals surface area contributed by atoms with Gasteiger partial charge >= 0.3 is 5.97 Å². The number of benzene rings is 1. The number of ether oxygens (including phenoxy) is 1. The number of rotatable bonds is 5. The maximum atomic E-state index is 11.2. The lowest BCUT2D eigenvalue weighted by atomic mass is 9.80. The lowest BCUT2D eigenvalue weighted by Crippen LogP contribution is -2.43. The van der Waals surface area contributed by atoms with Crippen LogP contribution in [-0.4, -0.2) is 42.2 Å². The molecule has 4 nitrogen and oxygen atoms in total. The van der Waals surface area contributed by atoms with Crippen LogP contribution in [0.3, 0.4) is 0 Å². The van der Waals surface area contributed by atoms with Crippen molar-refractivity contribution in [2.24, 2.45) is 5.41 Å². The van der Waals surface area contributed by atoms with E-state index < -0.39 is 11.4 Å². The van der Waals surface area contributed by atoms with Crippen LogP contribution in [0.25, 0.3) is 0 Å². The summed E-state index contributed by atoms with van der Waals surface area (Å²) in [5.41, 5.74) is 1.87. The molecule has 0 amide bonds. The quantitative estimate of drug-likeness (QED) is 0.906. The van der Waals surface area contributed by atoms with Gasteiger partial charge in [0.25, 0.3) is 0 Å². The lowest BCUT2D eigenvalue weighted by molar-refractivity contribution is -0.150. The van der Waals surface area contributed by atoms with Crippen LogP contribution in [0.1, 0.15) is 30.9 Å². The summed E-state index contributed by atoms with van der Waals surface area (Å²) >= 11 is 0. The molecule has 1 fully saturated rings. The number of aliphatic carboxylic acids is 1. The minimum absolute atomic E-state index is 0.551. The Labute approximate surface area is 126 Å². The molecular formula is C17H25NO3. The third-order valence-corrected chi connectivity index (χ3v) is 4.35. The first-order valence-electron chi connectivity index (χ1n) is 7.56. The van der Waals surface area contributed by atoms with Crippen LogP contribution in [0.4, 0.5) is 0 Å². The zero-order chi connectivity index (χ0) is 15.5. The van der Waals surface area contributed by atoms with Gasteiger partial charge in [0.2, 0.25) is 0 Å². The summed E-state index contributed by atoms with van der Waals surface area (Å²) in [6.45, 7) is 9.14. The van der Waals surface area contributed by atoms with Gasteiger partial charge in [0.05, 0.1) is 5.41 Å². The van der Waals surface area contributed by atoms with Crippen molar-refractivity contribution in [3.63, 3.8) is 0 Å². The molecular weight excluding hydrogens is 266 g/mol. The number of likely N-dealkylation sites (tertiary alicyclic amines) is 1. The van der Waals surface area contributed by atoms with E-state index in [1.807, 2.05) is 19.1 Å². The normalized spacial score (nSPS) is 18.4. The van der Waals surface area contributed by atoms with E-state index >= 15 is 0 Å². The molecule has 0 unspecified atom stereocenters. The van der Waals surface area contributed by atoms with E-state index in [0.29, 0.717) is 19.4 Å². The number of carboxylic acid groups (broad SMARTS) is 1. The first-order chi connectivity index (χ1) is 9.89. The van der Waals surface area contributed by atoms with Crippen molar-refractivity contribution in [1.29, 1.82) is 0 Å². The smallest absolute Gasteiger partial charge is 0.309 e.